The molecular formula is C6H11Cl3N2O2. The molecule has 0 aromatic heterocycles. The number of alkyl carbamates (subject to hydrolysis) is 1. The van der Waals surface area contributed by atoms with Crippen LogP contribution in [0.5, 0.6) is 0 Å². The van der Waals surface area contributed by atoms with Crippen molar-refractivity contribution in [1.82, 2.24) is 10.2 Å². The molecule has 0 saturated heterocycles. The molecule has 0 aromatic carbocycles. The fourth-order valence-electron chi connectivity index (χ4n) is 0.674. The van der Waals surface area contributed by atoms with Crippen LogP contribution in [0.3, 0.4) is 0 Å². The first kappa shape index (κ1) is 13.1. The van der Waals surface area contributed by atoms with E-state index in [1.54, 1.807) is 19.0 Å². The molecule has 0 aliphatic carbocycles. The summed E-state index contributed by atoms with van der Waals surface area (Å²) in [5, 5.41) is 2.38. The summed E-state index contributed by atoms with van der Waals surface area (Å²) in [6.07, 6.45) is -1.38. The van der Waals surface area contributed by atoms with Crippen LogP contribution in [0.4, 0.5) is 4.79 Å². The number of hydrogen-bond donors (Lipinski definition) is 1. The van der Waals surface area contributed by atoms with Crippen LogP contribution < -0.4 is 5.32 Å². The van der Waals surface area contributed by atoms with Gasteiger partial charge in [-0.2, -0.15) is 0 Å². The highest BCUT2D eigenvalue weighted by molar-refractivity contribution is 6.68. The molecule has 0 aliphatic rings. The number of nitrogens with one attached hydrogen (secondary N) is 1. The summed E-state index contributed by atoms with van der Waals surface area (Å²) in [6.45, 7) is 0. The number of ether oxygens (including phenoxy) is 1. The number of nitrogens with zero attached hydrogens (tertiary/aromatic N) is 1. The second kappa shape index (κ2) is 5.10. The van der Waals surface area contributed by atoms with E-state index in [1.807, 2.05) is 0 Å². The predicted molar refractivity (Wildman–Crippen MR) is 53.3 cm³/mol. The maximum Gasteiger partial charge on any atom is 0.408 e. The Hall–Kier alpha value is 0.1000. The van der Waals surface area contributed by atoms with Gasteiger partial charge in [0.15, 0.2) is 0 Å². The second-order valence-electron chi connectivity index (χ2n) is 2.54. The largest absolute Gasteiger partial charge is 0.453 e. The molecule has 4 nitrogen and oxygen atoms in total. The SMILES string of the molecule is COC(=O)N[C@H](N(C)C)C(Cl)(Cl)Cl. The summed E-state index contributed by atoms with van der Waals surface area (Å²) in [7, 11) is 4.57. The molecule has 0 fully saturated rings. The van der Waals surface area contributed by atoms with Crippen LogP contribution >= 0.6 is 34.8 Å². The molecule has 1 N–H and O–H groups in total. The maximum absolute atomic E-state index is 10.8. The smallest absolute Gasteiger partial charge is 0.408 e. The van der Waals surface area contributed by atoms with Crippen LogP contribution in [0.2, 0.25) is 0 Å². The van der Waals surface area contributed by atoms with Gasteiger partial charge in [-0.15, -0.1) is 0 Å². The van der Waals surface area contributed by atoms with E-state index in [-0.39, 0.29) is 0 Å². The predicted octanol–water partition coefficient (Wildman–Crippen LogP) is 1.60. The Bertz CT molecular complexity index is 181. The summed E-state index contributed by atoms with van der Waals surface area (Å²) < 4.78 is 2.77. The fourth-order valence-corrected chi connectivity index (χ4v) is 1.42. The molecule has 0 unspecified atom stereocenters. The molecule has 0 saturated carbocycles. The third-order valence-electron chi connectivity index (χ3n) is 1.27. The van der Waals surface area contributed by atoms with Crippen LogP contribution in [0.15, 0.2) is 0 Å². The van der Waals surface area contributed by atoms with Crippen LogP contribution in [-0.2, 0) is 4.74 Å². The van der Waals surface area contributed by atoms with Crippen molar-refractivity contribution in [2.24, 2.45) is 0 Å². The van der Waals surface area contributed by atoms with Crippen molar-refractivity contribution in [3.05, 3.63) is 0 Å². The third-order valence-corrected chi connectivity index (χ3v) is 1.89. The molecule has 0 spiro atoms. The highest BCUT2D eigenvalue weighted by atomic mass is 35.6. The zero-order chi connectivity index (χ0) is 10.6. The zero-order valence-corrected chi connectivity index (χ0v) is 9.74. The summed E-state index contributed by atoms with van der Waals surface area (Å²) >= 11 is 16.8. The van der Waals surface area contributed by atoms with E-state index in [1.165, 1.54) is 7.11 Å². The van der Waals surface area contributed by atoms with Gasteiger partial charge in [-0.05, 0) is 14.1 Å². The van der Waals surface area contributed by atoms with Gasteiger partial charge >= 0.3 is 6.09 Å². The van der Waals surface area contributed by atoms with Gasteiger partial charge in [0.25, 0.3) is 0 Å². The maximum atomic E-state index is 10.8. The molecule has 0 heterocycles. The molecule has 0 aliphatic heterocycles. The van der Waals surface area contributed by atoms with Crippen LogP contribution in [-0.4, -0.2) is 42.2 Å². The molecule has 0 radical (unpaired) electrons. The first-order valence-electron chi connectivity index (χ1n) is 3.36. The average molecular weight is 250 g/mol. The molecule has 78 valence electrons. The molecule has 7 heteroatoms. The number of amides is 1. The molecule has 0 rings (SSSR count). The summed E-state index contributed by atoms with van der Waals surface area (Å²) in [4.78, 5) is 12.4. The summed E-state index contributed by atoms with van der Waals surface area (Å²) in [5.41, 5.74) is 0. The lowest BCUT2D eigenvalue weighted by Gasteiger charge is -2.30. The first-order valence-corrected chi connectivity index (χ1v) is 4.50. The van der Waals surface area contributed by atoms with Crippen molar-refractivity contribution in [1.29, 1.82) is 0 Å². The van der Waals surface area contributed by atoms with E-state index in [0.717, 1.165) is 0 Å². The van der Waals surface area contributed by atoms with E-state index < -0.39 is 16.1 Å². The van der Waals surface area contributed by atoms with E-state index >= 15 is 0 Å². The van der Waals surface area contributed by atoms with Crippen molar-refractivity contribution in [2.75, 3.05) is 21.2 Å². The summed E-state index contributed by atoms with van der Waals surface area (Å²) in [5.74, 6) is 0. The normalized spacial score (nSPS) is 14.1. The Balaban J connectivity index is 4.36. The van der Waals surface area contributed by atoms with Gasteiger partial charge < -0.3 is 10.1 Å². The Labute approximate surface area is 92.1 Å². The highest BCUT2D eigenvalue weighted by Crippen LogP contribution is 2.31. The Morgan fingerprint density at radius 1 is 1.46 bits per heavy atom. The van der Waals surface area contributed by atoms with Crippen molar-refractivity contribution < 1.29 is 9.53 Å². The van der Waals surface area contributed by atoms with E-state index in [2.05, 4.69) is 10.1 Å². The molecule has 1 atom stereocenters. The number of rotatable bonds is 2. The van der Waals surface area contributed by atoms with Crippen LogP contribution in [0, 0.1) is 0 Å². The van der Waals surface area contributed by atoms with E-state index in [4.69, 9.17) is 34.8 Å². The molecule has 0 aromatic rings. The Kier molecular flexibility index (Phi) is 5.14. The van der Waals surface area contributed by atoms with Gasteiger partial charge in [0, 0.05) is 0 Å². The standard InChI is InChI=1S/C6H11Cl3N2O2/c1-11(2)4(6(7,8)9)10-5(12)13-3/h4H,1-3H3,(H,10,12)/t4-/m1/s1. The highest BCUT2D eigenvalue weighted by Gasteiger charge is 2.35. The average Bonchev–Trinajstić information content (AvgIpc) is 1.96. The van der Waals surface area contributed by atoms with Crippen molar-refractivity contribution >= 4 is 40.9 Å². The van der Waals surface area contributed by atoms with Gasteiger partial charge in [-0.25, -0.2) is 4.79 Å². The summed E-state index contributed by atoms with van der Waals surface area (Å²) in [6, 6.07) is 0. The van der Waals surface area contributed by atoms with E-state index in [9.17, 15) is 4.79 Å². The Morgan fingerprint density at radius 2 is 1.92 bits per heavy atom. The zero-order valence-electron chi connectivity index (χ0n) is 7.47. The van der Waals surface area contributed by atoms with Crippen LogP contribution in [0.1, 0.15) is 0 Å². The van der Waals surface area contributed by atoms with Gasteiger partial charge in [-0.1, -0.05) is 34.8 Å². The molecular weight excluding hydrogens is 238 g/mol. The quantitative estimate of drug-likeness (QED) is 0.597. The number of halogens is 3. The third kappa shape index (κ3) is 4.76. The lowest BCUT2D eigenvalue weighted by atomic mass is 10.5. The monoisotopic (exact) mass is 248 g/mol. The van der Waals surface area contributed by atoms with Gasteiger partial charge in [0.05, 0.1) is 7.11 Å². The number of carbonyl (C=O) groups is 1. The van der Waals surface area contributed by atoms with E-state index in [0.29, 0.717) is 0 Å². The van der Waals surface area contributed by atoms with Crippen molar-refractivity contribution in [3.63, 3.8) is 0 Å². The topological polar surface area (TPSA) is 41.6 Å². The van der Waals surface area contributed by atoms with Crippen LogP contribution in [0.25, 0.3) is 0 Å². The molecule has 1 amide bonds. The number of methoxy groups -OCH3 is 1. The molecule has 0 bridgehead atoms. The van der Waals surface area contributed by atoms with Gasteiger partial charge in [-0.3, -0.25) is 4.90 Å². The fraction of sp³-hybridized carbons (Fsp3) is 0.833. The number of alkyl halides is 3. The second-order valence-corrected chi connectivity index (χ2v) is 4.91. The number of hydrogen-bond acceptors (Lipinski definition) is 3. The van der Waals surface area contributed by atoms with Gasteiger partial charge in [0.2, 0.25) is 3.79 Å². The molecule has 13 heavy (non-hydrogen) atoms. The minimum absolute atomic E-state index is 0.648. The van der Waals surface area contributed by atoms with Crippen molar-refractivity contribution in [2.45, 2.75) is 9.96 Å². The van der Waals surface area contributed by atoms with Gasteiger partial charge in [0.1, 0.15) is 6.17 Å². The lowest BCUT2D eigenvalue weighted by molar-refractivity contribution is 0.150. The first-order chi connectivity index (χ1) is 5.79. The minimum atomic E-state index is -1.60. The lowest BCUT2D eigenvalue weighted by Crippen LogP contribution is -2.52. The van der Waals surface area contributed by atoms with Crippen molar-refractivity contribution in [3.8, 4) is 0 Å². The number of carbonyl (C=O) groups excluding carboxylic acids is 1. The minimum Gasteiger partial charge on any atom is -0.453 e. The Morgan fingerprint density at radius 3 is 2.15 bits per heavy atom.